The lowest BCUT2D eigenvalue weighted by molar-refractivity contribution is 0.627. The monoisotopic (exact) mass is 273 g/mol. The number of rotatable bonds is 4. The van der Waals surface area contributed by atoms with Gasteiger partial charge in [0.05, 0.1) is 11.3 Å². The Kier molecular flexibility index (Phi) is 3.57. The summed E-state index contributed by atoms with van der Waals surface area (Å²) in [4.78, 5) is 4.99. The first kappa shape index (κ1) is 13.6. The largest absolute Gasteiger partial charge is 0.273 e. The van der Waals surface area contributed by atoms with E-state index in [1.165, 1.54) is 16.7 Å². The van der Waals surface area contributed by atoms with Gasteiger partial charge in [-0.2, -0.15) is 0 Å². The zero-order valence-corrected chi connectivity index (χ0v) is 12.3. The molecule has 2 aromatic rings. The van der Waals surface area contributed by atoms with Gasteiger partial charge >= 0.3 is 0 Å². The molecule has 1 aliphatic heterocycles. The van der Waals surface area contributed by atoms with Gasteiger partial charge in [0.2, 0.25) is 0 Å². The smallest absolute Gasteiger partial charge is 0.0876 e. The van der Waals surface area contributed by atoms with E-state index in [0.29, 0.717) is 0 Å². The highest BCUT2D eigenvalue weighted by atomic mass is 14.9. The van der Waals surface area contributed by atoms with Gasteiger partial charge in [-0.25, -0.2) is 0 Å². The Morgan fingerprint density at radius 1 is 0.952 bits per heavy atom. The van der Waals surface area contributed by atoms with Crippen LogP contribution in [0.4, 0.5) is 0 Å². The molecule has 0 aliphatic carbocycles. The van der Waals surface area contributed by atoms with Crippen LogP contribution in [0.25, 0.3) is 5.57 Å². The average Bonchev–Trinajstić information content (AvgIpc) is 2.87. The zero-order valence-electron chi connectivity index (χ0n) is 12.3. The van der Waals surface area contributed by atoms with Gasteiger partial charge in [-0.05, 0) is 36.1 Å². The summed E-state index contributed by atoms with van der Waals surface area (Å²) in [5.41, 5.74) is 4.49. The Morgan fingerprint density at radius 3 is 2.10 bits per heavy atom. The van der Waals surface area contributed by atoms with Crippen molar-refractivity contribution in [1.82, 2.24) is 0 Å². The molecule has 0 saturated carbocycles. The van der Waals surface area contributed by atoms with E-state index in [4.69, 9.17) is 4.99 Å². The van der Waals surface area contributed by atoms with Gasteiger partial charge in [0.1, 0.15) is 0 Å². The van der Waals surface area contributed by atoms with Crippen LogP contribution in [0.5, 0.6) is 0 Å². The van der Waals surface area contributed by atoms with Crippen LogP contribution >= 0.6 is 0 Å². The van der Waals surface area contributed by atoms with Crippen LogP contribution in [0.2, 0.25) is 0 Å². The first-order chi connectivity index (χ1) is 10.2. The highest BCUT2D eigenvalue weighted by Gasteiger charge is 2.33. The Bertz CT molecular complexity index is 695. The van der Waals surface area contributed by atoms with Crippen LogP contribution in [0.1, 0.15) is 24.5 Å². The molecule has 1 heteroatoms. The minimum atomic E-state index is -0.228. The molecule has 3 rings (SSSR count). The van der Waals surface area contributed by atoms with Crippen molar-refractivity contribution in [1.29, 1.82) is 0 Å². The predicted molar refractivity (Wildman–Crippen MR) is 90.6 cm³/mol. The zero-order chi connectivity index (χ0) is 14.7. The second-order valence-corrected chi connectivity index (χ2v) is 5.55. The summed E-state index contributed by atoms with van der Waals surface area (Å²) in [6.07, 6.45) is 5.01. The minimum absolute atomic E-state index is 0.228. The molecular formula is C20H19N. The maximum Gasteiger partial charge on any atom is 0.0876 e. The van der Waals surface area contributed by atoms with Crippen LogP contribution in [-0.4, -0.2) is 11.3 Å². The summed E-state index contributed by atoms with van der Waals surface area (Å²) in [7, 11) is 0. The molecule has 0 bridgehead atoms. The van der Waals surface area contributed by atoms with E-state index in [1.54, 1.807) is 0 Å². The predicted octanol–water partition coefficient (Wildman–Crippen LogP) is 4.91. The molecule has 104 valence electrons. The SMILES string of the molecule is C=CCC1(C)N=C(c2ccccc2)C=C1c1ccccc1. The molecule has 1 heterocycles. The van der Waals surface area contributed by atoms with E-state index in [1.807, 2.05) is 18.2 Å². The molecule has 0 spiro atoms. The maximum atomic E-state index is 4.99. The van der Waals surface area contributed by atoms with Gasteiger partial charge in [0.25, 0.3) is 0 Å². The molecule has 0 amide bonds. The van der Waals surface area contributed by atoms with Crippen LogP contribution in [-0.2, 0) is 0 Å². The first-order valence-electron chi connectivity index (χ1n) is 7.27. The van der Waals surface area contributed by atoms with Gasteiger partial charge in [-0.15, -0.1) is 6.58 Å². The first-order valence-corrected chi connectivity index (χ1v) is 7.27. The van der Waals surface area contributed by atoms with E-state index >= 15 is 0 Å². The molecule has 21 heavy (non-hydrogen) atoms. The lowest BCUT2D eigenvalue weighted by atomic mass is 9.85. The highest BCUT2D eigenvalue weighted by molar-refractivity contribution is 6.16. The summed E-state index contributed by atoms with van der Waals surface area (Å²) < 4.78 is 0. The number of nitrogens with zero attached hydrogens (tertiary/aromatic N) is 1. The Hall–Kier alpha value is -2.41. The van der Waals surface area contributed by atoms with Crippen molar-refractivity contribution in [3.63, 3.8) is 0 Å². The number of hydrogen-bond donors (Lipinski definition) is 0. The Balaban J connectivity index is 2.08. The fourth-order valence-electron chi connectivity index (χ4n) is 2.86. The van der Waals surface area contributed by atoms with Gasteiger partial charge in [-0.1, -0.05) is 66.7 Å². The van der Waals surface area contributed by atoms with Crippen LogP contribution in [0.15, 0.2) is 84.4 Å². The third-order valence-electron chi connectivity index (χ3n) is 3.92. The van der Waals surface area contributed by atoms with E-state index in [9.17, 15) is 0 Å². The Morgan fingerprint density at radius 2 is 1.52 bits per heavy atom. The highest BCUT2D eigenvalue weighted by Crippen LogP contribution is 2.39. The van der Waals surface area contributed by atoms with Gasteiger partial charge < -0.3 is 0 Å². The molecule has 1 atom stereocenters. The molecule has 1 unspecified atom stereocenters. The average molecular weight is 273 g/mol. The van der Waals surface area contributed by atoms with Crippen molar-refractivity contribution < 1.29 is 0 Å². The van der Waals surface area contributed by atoms with Crippen molar-refractivity contribution >= 4 is 11.3 Å². The third-order valence-corrected chi connectivity index (χ3v) is 3.92. The quantitative estimate of drug-likeness (QED) is 0.702. The van der Waals surface area contributed by atoms with Crippen molar-refractivity contribution in [3.05, 3.63) is 90.5 Å². The number of allylic oxidation sites excluding steroid dienone is 1. The van der Waals surface area contributed by atoms with E-state index in [-0.39, 0.29) is 5.54 Å². The van der Waals surface area contributed by atoms with Crippen molar-refractivity contribution in [2.75, 3.05) is 0 Å². The lowest BCUT2D eigenvalue weighted by Crippen LogP contribution is -2.20. The molecule has 0 fully saturated rings. The number of benzene rings is 2. The van der Waals surface area contributed by atoms with E-state index < -0.39 is 0 Å². The molecular weight excluding hydrogens is 254 g/mol. The standard InChI is InChI=1S/C20H19N/c1-3-14-20(2)18(16-10-6-4-7-11-16)15-19(21-20)17-12-8-5-9-13-17/h3-13,15H,1,14H2,2H3. The van der Waals surface area contributed by atoms with Crippen molar-refractivity contribution in [3.8, 4) is 0 Å². The van der Waals surface area contributed by atoms with Gasteiger partial charge in [0.15, 0.2) is 0 Å². The molecule has 2 aromatic carbocycles. The number of hydrogen-bond acceptors (Lipinski definition) is 1. The van der Waals surface area contributed by atoms with Crippen molar-refractivity contribution in [2.24, 2.45) is 4.99 Å². The Labute approximate surface area is 126 Å². The number of aliphatic imine (C=N–C) groups is 1. The molecule has 0 saturated heterocycles. The summed E-state index contributed by atoms with van der Waals surface area (Å²) in [6.45, 7) is 6.08. The van der Waals surface area contributed by atoms with Gasteiger partial charge in [-0.3, -0.25) is 4.99 Å². The van der Waals surface area contributed by atoms with Crippen LogP contribution < -0.4 is 0 Å². The maximum absolute atomic E-state index is 4.99. The van der Waals surface area contributed by atoms with E-state index in [2.05, 4.69) is 68.1 Å². The second-order valence-electron chi connectivity index (χ2n) is 5.55. The van der Waals surface area contributed by atoms with Crippen molar-refractivity contribution in [2.45, 2.75) is 18.9 Å². The molecule has 1 nitrogen and oxygen atoms in total. The molecule has 1 aliphatic rings. The topological polar surface area (TPSA) is 12.4 Å². The van der Waals surface area contributed by atoms with E-state index in [0.717, 1.165) is 12.1 Å². The summed E-state index contributed by atoms with van der Waals surface area (Å²) in [6, 6.07) is 20.8. The normalized spacial score (nSPS) is 20.8. The minimum Gasteiger partial charge on any atom is -0.273 e. The summed E-state index contributed by atoms with van der Waals surface area (Å²) in [5, 5.41) is 0. The summed E-state index contributed by atoms with van der Waals surface area (Å²) in [5.74, 6) is 0. The molecule has 0 aromatic heterocycles. The van der Waals surface area contributed by atoms with Gasteiger partial charge in [0, 0.05) is 0 Å². The molecule has 0 N–H and O–H groups in total. The lowest BCUT2D eigenvalue weighted by Gasteiger charge is -2.24. The fraction of sp³-hybridized carbons (Fsp3) is 0.150. The second kappa shape index (κ2) is 5.53. The third kappa shape index (κ3) is 2.59. The summed E-state index contributed by atoms with van der Waals surface area (Å²) >= 11 is 0. The molecule has 0 radical (unpaired) electrons. The van der Waals surface area contributed by atoms with Crippen LogP contribution in [0, 0.1) is 0 Å². The fourth-order valence-corrected chi connectivity index (χ4v) is 2.86. The van der Waals surface area contributed by atoms with Crippen LogP contribution in [0.3, 0.4) is 0 Å².